The summed E-state index contributed by atoms with van der Waals surface area (Å²) in [5, 5.41) is 1.16. The molecule has 0 unspecified atom stereocenters. The zero-order valence-corrected chi connectivity index (χ0v) is 14.3. The van der Waals surface area contributed by atoms with Crippen molar-refractivity contribution in [3.8, 4) is 0 Å². The van der Waals surface area contributed by atoms with Crippen LogP contribution in [0.1, 0.15) is 23.2 Å². The van der Waals surface area contributed by atoms with Crippen molar-refractivity contribution in [2.75, 3.05) is 0 Å². The Morgan fingerprint density at radius 3 is 2.62 bits per heavy atom. The number of aryl methyl sites for hydroxylation is 2. The lowest BCUT2D eigenvalue weighted by Crippen LogP contribution is -2.25. The van der Waals surface area contributed by atoms with E-state index >= 15 is 0 Å². The summed E-state index contributed by atoms with van der Waals surface area (Å²) >= 11 is 0. The number of aromatic amines is 1. The standard InChI is InChI=1S/C19H19NO3S/c1-13-6-9-15(10-7-13)24(21,22)23-14-8-11-19-17(12-14)16-4-2-3-5-18(16)20-19/h2-7,9-10,14,20H,8,11-12H2,1H3/t14-/m0/s1. The second-order valence-corrected chi connectivity index (χ2v) is 7.93. The second-order valence-electron chi connectivity index (χ2n) is 6.36. The molecule has 2 aromatic carbocycles. The van der Waals surface area contributed by atoms with Crippen molar-refractivity contribution in [1.29, 1.82) is 0 Å². The van der Waals surface area contributed by atoms with Crippen LogP contribution in [-0.4, -0.2) is 19.5 Å². The molecule has 0 amide bonds. The smallest absolute Gasteiger partial charge is 0.297 e. The summed E-state index contributed by atoms with van der Waals surface area (Å²) in [5.41, 5.74) is 4.50. The number of aromatic nitrogens is 1. The molecule has 1 aliphatic carbocycles. The lowest BCUT2D eigenvalue weighted by molar-refractivity contribution is 0.192. The van der Waals surface area contributed by atoms with Crippen molar-refractivity contribution in [1.82, 2.24) is 4.98 Å². The van der Waals surface area contributed by atoms with Gasteiger partial charge in [0.2, 0.25) is 0 Å². The van der Waals surface area contributed by atoms with Crippen LogP contribution >= 0.6 is 0 Å². The number of fused-ring (bicyclic) bond motifs is 3. The third-order valence-electron chi connectivity index (χ3n) is 4.62. The van der Waals surface area contributed by atoms with Gasteiger partial charge in [0.15, 0.2) is 0 Å². The minimum atomic E-state index is -3.73. The molecule has 0 aliphatic heterocycles. The molecule has 0 fully saturated rings. The van der Waals surface area contributed by atoms with Gasteiger partial charge in [-0.25, -0.2) is 0 Å². The summed E-state index contributed by atoms with van der Waals surface area (Å²) < 4.78 is 30.5. The molecule has 0 saturated heterocycles. The van der Waals surface area contributed by atoms with Crippen LogP contribution in [0, 0.1) is 6.92 Å². The van der Waals surface area contributed by atoms with E-state index in [2.05, 4.69) is 11.1 Å². The van der Waals surface area contributed by atoms with Crippen LogP contribution in [0.25, 0.3) is 10.9 Å². The molecule has 3 aromatic rings. The highest BCUT2D eigenvalue weighted by atomic mass is 32.2. The van der Waals surface area contributed by atoms with E-state index in [-0.39, 0.29) is 11.0 Å². The number of hydrogen-bond donors (Lipinski definition) is 1. The lowest BCUT2D eigenvalue weighted by atomic mass is 9.93. The van der Waals surface area contributed by atoms with E-state index in [1.807, 2.05) is 25.1 Å². The zero-order chi connectivity index (χ0) is 16.7. The summed E-state index contributed by atoms with van der Waals surface area (Å²) in [4.78, 5) is 3.65. The Balaban J connectivity index is 1.59. The number of benzene rings is 2. The molecule has 5 heteroatoms. The lowest BCUT2D eigenvalue weighted by Gasteiger charge is -2.22. The van der Waals surface area contributed by atoms with Crippen LogP contribution in [0.15, 0.2) is 53.4 Å². The van der Waals surface area contributed by atoms with E-state index < -0.39 is 10.1 Å². The highest BCUT2D eigenvalue weighted by molar-refractivity contribution is 7.86. The average molecular weight is 341 g/mol. The summed E-state index contributed by atoms with van der Waals surface area (Å²) in [5.74, 6) is 0. The molecule has 124 valence electrons. The van der Waals surface area contributed by atoms with Gasteiger partial charge >= 0.3 is 0 Å². The number of para-hydroxylation sites is 1. The van der Waals surface area contributed by atoms with E-state index in [4.69, 9.17) is 4.18 Å². The van der Waals surface area contributed by atoms with Gasteiger partial charge in [-0.2, -0.15) is 8.42 Å². The molecular weight excluding hydrogens is 322 g/mol. The Morgan fingerprint density at radius 1 is 1.08 bits per heavy atom. The molecule has 24 heavy (non-hydrogen) atoms. The van der Waals surface area contributed by atoms with Crippen LogP contribution in [0.2, 0.25) is 0 Å². The van der Waals surface area contributed by atoms with Crippen LogP contribution in [0.4, 0.5) is 0 Å². The summed E-state index contributed by atoms with van der Waals surface area (Å²) in [7, 11) is -3.73. The van der Waals surface area contributed by atoms with E-state index in [1.54, 1.807) is 24.3 Å². The first-order valence-corrected chi connectivity index (χ1v) is 9.52. The summed E-state index contributed by atoms with van der Waals surface area (Å²) in [6, 6.07) is 14.9. The first kappa shape index (κ1) is 15.4. The Labute approximate surface area is 141 Å². The van der Waals surface area contributed by atoms with Crippen molar-refractivity contribution >= 4 is 21.0 Å². The highest BCUT2D eigenvalue weighted by Crippen LogP contribution is 2.31. The van der Waals surface area contributed by atoms with Gasteiger partial charge in [-0.1, -0.05) is 35.9 Å². The molecule has 1 atom stereocenters. The minimum absolute atomic E-state index is 0.220. The topological polar surface area (TPSA) is 59.2 Å². The Hall–Kier alpha value is -2.11. The van der Waals surface area contributed by atoms with Gasteiger partial charge < -0.3 is 4.98 Å². The predicted octanol–water partition coefficient (Wildman–Crippen LogP) is 3.74. The number of H-pyrrole nitrogens is 1. The maximum atomic E-state index is 12.5. The van der Waals surface area contributed by atoms with Gasteiger partial charge in [-0.3, -0.25) is 4.18 Å². The van der Waals surface area contributed by atoms with Gasteiger partial charge in [0.05, 0.1) is 11.0 Å². The molecule has 1 aromatic heterocycles. The van der Waals surface area contributed by atoms with Gasteiger partial charge in [0.1, 0.15) is 0 Å². The Morgan fingerprint density at radius 2 is 1.83 bits per heavy atom. The summed E-state index contributed by atoms with van der Waals surface area (Å²) in [6.07, 6.45) is 1.80. The molecule has 4 rings (SSSR count). The first-order valence-electron chi connectivity index (χ1n) is 8.11. The molecule has 1 heterocycles. The van der Waals surface area contributed by atoms with Gasteiger partial charge in [-0.15, -0.1) is 0 Å². The number of hydrogen-bond acceptors (Lipinski definition) is 3. The molecule has 0 radical (unpaired) electrons. The maximum absolute atomic E-state index is 12.5. The third kappa shape index (κ3) is 2.74. The fourth-order valence-corrected chi connectivity index (χ4v) is 4.46. The molecule has 1 N–H and O–H groups in total. The highest BCUT2D eigenvalue weighted by Gasteiger charge is 2.28. The molecular formula is C19H19NO3S. The molecule has 0 spiro atoms. The quantitative estimate of drug-likeness (QED) is 0.738. The zero-order valence-electron chi connectivity index (χ0n) is 13.5. The van der Waals surface area contributed by atoms with E-state index in [0.717, 1.165) is 22.9 Å². The second kappa shape index (κ2) is 5.76. The molecule has 0 bridgehead atoms. The predicted molar refractivity (Wildman–Crippen MR) is 93.6 cm³/mol. The normalized spacial score (nSPS) is 17.8. The van der Waals surface area contributed by atoms with Crippen molar-refractivity contribution in [2.24, 2.45) is 0 Å². The summed E-state index contributed by atoms with van der Waals surface area (Å²) in [6.45, 7) is 1.93. The number of rotatable bonds is 3. The maximum Gasteiger partial charge on any atom is 0.297 e. The Kier molecular flexibility index (Phi) is 3.70. The molecule has 1 aliphatic rings. The van der Waals surface area contributed by atoms with E-state index in [0.29, 0.717) is 12.8 Å². The van der Waals surface area contributed by atoms with Crippen molar-refractivity contribution < 1.29 is 12.6 Å². The van der Waals surface area contributed by atoms with Gasteiger partial charge in [0.25, 0.3) is 10.1 Å². The number of nitrogens with one attached hydrogen (secondary N) is 1. The molecule has 0 saturated carbocycles. The van der Waals surface area contributed by atoms with Crippen molar-refractivity contribution in [3.63, 3.8) is 0 Å². The SMILES string of the molecule is Cc1ccc(S(=O)(=O)O[C@H]2CCc3[nH]c4ccccc4c3C2)cc1. The average Bonchev–Trinajstić information content (AvgIpc) is 2.93. The van der Waals surface area contributed by atoms with E-state index in [9.17, 15) is 8.42 Å². The van der Waals surface area contributed by atoms with Crippen LogP contribution in [0.5, 0.6) is 0 Å². The van der Waals surface area contributed by atoms with Crippen LogP contribution < -0.4 is 0 Å². The largest absolute Gasteiger partial charge is 0.358 e. The molecule has 4 nitrogen and oxygen atoms in total. The van der Waals surface area contributed by atoms with Crippen LogP contribution in [0.3, 0.4) is 0 Å². The fourth-order valence-electron chi connectivity index (χ4n) is 3.36. The van der Waals surface area contributed by atoms with Gasteiger partial charge in [-0.05, 0) is 43.5 Å². The minimum Gasteiger partial charge on any atom is -0.358 e. The monoisotopic (exact) mass is 341 g/mol. The van der Waals surface area contributed by atoms with Crippen molar-refractivity contribution in [2.45, 2.75) is 37.2 Å². The fraction of sp³-hybridized carbons (Fsp3) is 0.263. The third-order valence-corrected chi connectivity index (χ3v) is 6.00. The van der Waals surface area contributed by atoms with Crippen molar-refractivity contribution in [3.05, 3.63) is 65.4 Å². The van der Waals surface area contributed by atoms with E-state index in [1.165, 1.54) is 11.3 Å². The first-order chi connectivity index (χ1) is 11.5. The van der Waals surface area contributed by atoms with Gasteiger partial charge in [0, 0.05) is 23.0 Å². The van der Waals surface area contributed by atoms with Crippen LogP contribution in [-0.2, 0) is 27.1 Å². The Bertz CT molecular complexity index is 987.